The summed E-state index contributed by atoms with van der Waals surface area (Å²) in [5.41, 5.74) is 6.91. The van der Waals surface area contributed by atoms with Gasteiger partial charge >= 0.3 is 11.9 Å². The quantitative estimate of drug-likeness (QED) is 0.440. The molecule has 172 valence electrons. The fourth-order valence-corrected chi connectivity index (χ4v) is 5.25. The van der Waals surface area contributed by atoms with Gasteiger partial charge in [0.25, 0.3) is 0 Å². The summed E-state index contributed by atoms with van der Waals surface area (Å²) < 4.78 is 10.7. The summed E-state index contributed by atoms with van der Waals surface area (Å²) in [6.07, 6.45) is 1.48. The van der Waals surface area contributed by atoms with Crippen molar-refractivity contribution in [3.8, 4) is 0 Å². The van der Waals surface area contributed by atoms with E-state index in [-0.39, 0.29) is 41.1 Å². The molecule has 1 aromatic carbocycles. The van der Waals surface area contributed by atoms with Crippen LogP contribution < -0.4 is 5.73 Å². The van der Waals surface area contributed by atoms with Crippen molar-refractivity contribution in [3.05, 3.63) is 55.8 Å². The Kier molecular flexibility index (Phi) is 7.79. The van der Waals surface area contributed by atoms with Gasteiger partial charge in [-0.25, -0.2) is 9.59 Å². The molecule has 0 spiro atoms. The Morgan fingerprint density at radius 2 is 1.84 bits per heavy atom. The highest BCUT2D eigenvalue weighted by Gasteiger charge is 2.49. The van der Waals surface area contributed by atoms with Gasteiger partial charge in [-0.3, -0.25) is 9.69 Å². The van der Waals surface area contributed by atoms with Gasteiger partial charge in [-0.05, 0) is 38.0 Å². The number of ether oxygens (including phenoxy) is 2. The third-order valence-corrected chi connectivity index (χ3v) is 6.85. The van der Waals surface area contributed by atoms with Crippen molar-refractivity contribution in [1.82, 2.24) is 4.90 Å². The molecule has 2 aliphatic rings. The molecular formula is C22H24Cl2N2O5S. The smallest absolute Gasteiger partial charge is 0.338 e. The molecule has 1 amide bonds. The van der Waals surface area contributed by atoms with E-state index in [0.29, 0.717) is 22.0 Å². The summed E-state index contributed by atoms with van der Waals surface area (Å²) in [7, 11) is 0. The zero-order valence-electron chi connectivity index (χ0n) is 17.9. The lowest BCUT2D eigenvalue weighted by molar-refractivity contribution is -0.140. The van der Waals surface area contributed by atoms with Crippen molar-refractivity contribution in [3.63, 3.8) is 0 Å². The molecule has 1 aromatic rings. The fraction of sp³-hybridized carbons (Fsp3) is 0.409. The molecule has 0 aromatic heterocycles. The number of unbranched alkanes of at least 4 members (excludes halogenated alkanes) is 1. The van der Waals surface area contributed by atoms with Crippen molar-refractivity contribution in [2.24, 2.45) is 5.73 Å². The van der Waals surface area contributed by atoms with E-state index >= 15 is 0 Å². The first-order valence-electron chi connectivity index (χ1n) is 10.3. The molecule has 2 atom stereocenters. The number of nitrogens with two attached hydrogens (primary N) is 1. The number of thioether (sulfide) groups is 1. The van der Waals surface area contributed by atoms with Gasteiger partial charge < -0.3 is 15.2 Å². The molecule has 2 aliphatic heterocycles. The number of hydrogen-bond acceptors (Lipinski definition) is 7. The lowest BCUT2D eigenvalue weighted by Crippen LogP contribution is -2.40. The molecule has 0 bridgehead atoms. The van der Waals surface area contributed by atoms with Crippen LogP contribution in [-0.2, 0) is 23.9 Å². The van der Waals surface area contributed by atoms with E-state index in [1.807, 2.05) is 6.92 Å². The zero-order chi connectivity index (χ0) is 23.6. The average Bonchev–Trinajstić information content (AvgIpc) is 3.02. The first kappa shape index (κ1) is 24.5. The Balaban J connectivity index is 2.26. The van der Waals surface area contributed by atoms with E-state index < -0.39 is 23.1 Å². The monoisotopic (exact) mass is 498 g/mol. The number of hydrogen-bond donors (Lipinski definition) is 1. The Morgan fingerprint density at radius 1 is 1.16 bits per heavy atom. The molecule has 1 saturated heterocycles. The standard InChI is InChI=1S/C22H24Cl2N2O5S/c1-4-6-9-31-21(28)16-15(13-8-7-12(23)10-14(13)24)17(22(29)30-5-2)20-26(18(16)25)19(27)11(3)32-20/h7-8,10-11,15H,4-6,9,25H2,1-3H3/t11-,15+/m0/s1. The van der Waals surface area contributed by atoms with Gasteiger partial charge in [0.15, 0.2) is 0 Å². The number of benzene rings is 1. The maximum Gasteiger partial charge on any atom is 0.338 e. The summed E-state index contributed by atoms with van der Waals surface area (Å²) in [5.74, 6) is -2.77. The van der Waals surface area contributed by atoms with Crippen LogP contribution in [0.1, 0.15) is 45.1 Å². The number of esters is 2. The van der Waals surface area contributed by atoms with Crippen LogP contribution in [-0.4, -0.2) is 41.2 Å². The second-order valence-corrected chi connectivity index (χ2v) is 9.43. The predicted molar refractivity (Wildman–Crippen MR) is 124 cm³/mol. The first-order valence-corrected chi connectivity index (χ1v) is 11.9. The highest BCUT2D eigenvalue weighted by molar-refractivity contribution is 8.04. The summed E-state index contributed by atoms with van der Waals surface area (Å²) in [6, 6.07) is 4.75. The van der Waals surface area contributed by atoms with Crippen LogP contribution in [0.15, 0.2) is 40.2 Å². The number of fused-ring (bicyclic) bond motifs is 1. The fourth-order valence-electron chi connectivity index (χ4n) is 3.57. The Labute approximate surface area is 200 Å². The van der Waals surface area contributed by atoms with E-state index in [4.69, 9.17) is 38.4 Å². The molecule has 0 radical (unpaired) electrons. The average molecular weight is 499 g/mol. The molecule has 0 unspecified atom stereocenters. The van der Waals surface area contributed by atoms with E-state index in [0.717, 1.165) is 6.42 Å². The minimum atomic E-state index is -0.982. The van der Waals surface area contributed by atoms with Crippen LogP contribution in [0.4, 0.5) is 0 Å². The third-order valence-electron chi connectivity index (χ3n) is 5.10. The van der Waals surface area contributed by atoms with Crippen LogP contribution in [0.2, 0.25) is 10.0 Å². The van der Waals surface area contributed by atoms with Gasteiger partial charge in [0, 0.05) is 10.0 Å². The topological polar surface area (TPSA) is 98.9 Å². The maximum atomic E-state index is 13.2. The number of carbonyl (C=O) groups is 3. The Bertz CT molecular complexity index is 1020. The summed E-state index contributed by atoms with van der Waals surface area (Å²) in [6.45, 7) is 5.64. The molecule has 2 N–H and O–H groups in total. The molecule has 10 heteroatoms. The summed E-state index contributed by atoms with van der Waals surface area (Å²) >= 11 is 13.7. The molecule has 1 fully saturated rings. The minimum Gasteiger partial charge on any atom is -0.463 e. The molecule has 7 nitrogen and oxygen atoms in total. The van der Waals surface area contributed by atoms with E-state index in [2.05, 4.69) is 0 Å². The van der Waals surface area contributed by atoms with Crippen LogP contribution in [0.3, 0.4) is 0 Å². The summed E-state index contributed by atoms with van der Waals surface area (Å²) in [4.78, 5) is 40.4. The van der Waals surface area contributed by atoms with Gasteiger partial charge in [-0.2, -0.15) is 0 Å². The van der Waals surface area contributed by atoms with Crippen LogP contribution >= 0.6 is 35.0 Å². The van der Waals surface area contributed by atoms with Gasteiger partial charge in [-0.15, -0.1) is 0 Å². The first-order chi connectivity index (χ1) is 15.2. The molecule has 3 rings (SSSR count). The van der Waals surface area contributed by atoms with Crippen molar-refractivity contribution in [2.75, 3.05) is 13.2 Å². The number of carbonyl (C=O) groups excluding carboxylic acids is 3. The van der Waals surface area contributed by atoms with Crippen LogP contribution in [0.5, 0.6) is 0 Å². The largest absolute Gasteiger partial charge is 0.463 e. The van der Waals surface area contributed by atoms with Gasteiger partial charge in [0.05, 0.1) is 40.6 Å². The van der Waals surface area contributed by atoms with Crippen molar-refractivity contribution < 1.29 is 23.9 Å². The molecular weight excluding hydrogens is 475 g/mol. The molecule has 0 saturated carbocycles. The van der Waals surface area contributed by atoms with E-state index in [1.165, 1.54) is 22.7 Å². The van der Waals surface area contributed by atoms with Crippen molar-refractivity contribution in [1.29, 1.82) is 0 Å². The number of nitrogens with zero attached hydrogens (tertiary/aromatic N) is 1. The SMILES string of the molecule is CCCCOC(=O)C1=C(N)N2C(=O)[C@H](C)SC2=C(C(=O)OCC)[C@@H]1c1ccc(Cl)cc1Cl. The maximum absolute atomic E-state index is 13.2. The third kappa shape index (κ3) is 4.49. The van der Waals surface area contributed by atoms with E-state index in [1.54, 1.807) is 26.0 Å². The van der Waals surface area contributed by atoms with Crippen molar-refractivity contribution in [2.45, 2.75) is 44.8 Å². The molecule has 32 heavy (non-hydrogen) atoms. The van der Waals surface area contributed by atoms with Gasteiger partial charge in [0.2, 0.25) is 5.91 Å². The Hall–Kier alpha value is -2.16. The van der Waals surface area contributed by atoms with Gasteiger partial charge in [0.1, 0.15) is 5.82 Å². The second-order valence-electron chi connectivity index (χ2n) is 7.26. The normalized spacial score (nSPS) is 20.5. The number of halogens is 2. The summed E-state index contributed by atoms with van der Waals surface area (Å²) in [5, 5.41) is 0.473. The number of rotatable bonds is 7. The van der Waals surface area contributed by atoms with Crippen molar-refractivity contribution >= 4 is 52.8 Å². The van der Waals surface area contributed by atoms with Crippen LogP contribution in [0.25, 0.3) is 0 Å². The highest BCUT2D eigenvalue weighted by Crippen LogP contribution is 2.51. The lowest BCUT2D eigenvalue weighted by Gasteiger charge is -2.33. The zero-order valence-corrected chi connectivity index (χ0v) is 20.3. The number of amides is 1. The molecule has 2 heterocycles. The molecule has 0 aliphatic carbocycles. The predicted octanol–water partition coefficient (Wildman–Crippen LogP) is 4.34. The highest BCUT2D eigenvalue weighted by atomic mass is 35.5. The second kappa shape index (κ2) is 10.2. The van der Waals surface area contributed by atoms with Gasteiger partial charge in [-0.1, -0.05) is 54.4 Å². The lowest BCUT2D eigenvalue weighted by atomic mass is 9.82. The van der Waals surface area contributed by atoms with E-state index in [9.17, 15) is 14.4 Å². The van der Waals surface area contributed by atoms with Crippen LogP contribution in [0, 0.1) is 0 Å². The Morgan fingerprint density at radius 3 is 2.47 bits per heavy atom. The minimum absolute atomic E-state index is 0.0276.